The lowest BCUT2D eigenvalue weighted by Crippen LogP contribution is -1.85. The molecule has 1 nitrogen and oxygen atoms in total. The van der Waals surface area contributed by atoms with Gasteiger partial charge in [-0.05, 0) is 18.4 Å². The monoisotopic (exact) mass is 244 g/mol. The number of carbonyl (C=O) groups excluding carboxylic acids is 1. The molecule has 0 N–H and O–H groups in total. The first kappa shape index (κ1) is 14.7. The minimum absolute atomic E-state index is 0.823. The van der Waals surface area contributed by atoms with E-state index in [1.54, 1.807) is 0 Å². The van der Waals surface area contributed by atoms with Crippen LogP contribution in [0.25, 0.3) is 5.57 Å². The van der Waals surface area contributed by atoms with E-state index in [4.69, 9.17) is 0 Å². The van der Waals surface area contributed by atoms with Crippen molar-refractivity contribution in [1.82, 2.24) is 0 Å². The highest BCUT2D eigenvalue weighted by molar-refractivity contribution is 6.06. The molecule has 0 spiro atoms. The number of hydrogen-bond acceptors (Lipinski definition) is 1. The second kappa shape index (κ2) is 9.64. The third kappa shape index (κ3) is 5.81. The Bertz CT molecular complexity index is 351. The fourth-order valence-corrected chi connectivity index (χ4v) is 2.05. The molecule has 0 unspecified atom stereocenters. The fourth-order valence-electron chi connectivity index (χ4n) is 2.05. The van der Waals surface area contributed by atoms with Crippen LogP contribution in [0.1, 0.15) is 57.4 Å². The van der Waals surface area contributed by atoms with Gasteiger partial charge in [0.25, 0.3) is 0 Å². The van der Waals surface area contributed by atoms with Gasteiger partial charge in [-0.15, -0.1) is 0 Å². The minimum atomic E-state index is 0.823. The zero-order chi connectivity index (χ0) is 13.1. The molecule has 18 heavy (non-hydrogen) atoms. The standard InChI is InChI=1S/C17H24O/c1-2-3-4-5-6-7-9-14-17(15-18)16-12-10-8-11-13-16/h8,10-15H,2-7,9H2,1H3. The van der Waals surface area contributed by atoms with Gasteiger partial charge in [-0.1, -0.05) is 75.4 Å². The van der Waals surface area contributed by atoms with Gasteiger partial charge in [0.15, 0.2) is 0 Å². The van der Waals surface area contributed by atoms with Gasteiger partial charge in [0.2, 0.25) is 0 Å². The van der Waals surface area contributed by atoms with E-state index in [0.29, 0.717) is 0 Å². The summed E-state index contributed by atoms with van der Waals surface area (Å²) in [5.41, 5.74) is 1.85. The molecule has 0 aliphatic rings. The molecule has 0 amide bonds. The largest absolute Gasteiger partial charge is 0.298 e. The molecule has 0 aromatic heterocycles. The van der Waals surface area contributed by atoms with Crippen LogP contribution in [0, 0.1) is 0 Å². The summed E-state index contributed by atoms with van der Waals surface area (Å²) in [5, 5.41) is 0. The summed E-state index contributed by atoms with van der Waals surface area (Å²) in [6.45, 7) is 2.24. The second-order valence-electron chi connectivity index (χ2n) is 4.70. The normalized spacial score (nSPS) is 11.5. The molecule has 0 aliphatic heterocycles. The number of carbonyl (C=O) groups is 1. The Balaban J connectivity index is 2.29. The van der Waals surface area contributed by atoms with E-state index in [1.807, 2.05) is 30.3 Å². The van der Waals surface area contributed by atoms with Gasteiger partial charge in [-0.2, -0.15) is 0 Å². The Morgan fingerprint density at radius 3 is 2.33 bits per heavy atom. The van der Waals surface area contributed by atoms with Crippen molar-refractivity contribution in [3.63, 3.8) is 0 Å². The number of hydrogen-bond donors (Lipinski definition) is 0. The van der Waals surface area contributed by atoms with Crippen LogP contribution in [0.5, 0.6) is 0 Å². The molecule has 98 valence electrons. The molecule has 0 aliphatic carbocycles. The SMILES string of the molecule is CCCCCCCCC=C(C=O)c1ccccc1. The van der Waals surface area contributed by atoms with E-state index in [0.717, 1.165) is 23.8 Å². The molecule has 0 bridgehead atoms. The highest BCUT2D eigenvalue weighted by Gasteiger charge is 1.98. The number of rotatable bonds is 9. The van der Waals surface area contributed by atoms with Crippen molar-refractivity contribution >= 4 is 11.9 Å². The maximum absolute atomic E-state index is 11.0. The number of allylic oxidation sites excluding steroid dienone is 2. The maximum atomic E-state index is 11.0. The molecule has 0 saturated carbocycles. The first-order valence-electron chi connectivity index (χ1n) is 7.09. The first-order valence-corrected chi connectivity index (χ1v) is 7.09. The molecular formula is C17H24O. The van der Waals surface area contributed by atoms with Gasteiger partial charge >= 0.3 is 0 Å². The third-order valence-corrected chi connectivity index (χ3v) is 3.16. The van der Waals surface area contributed by atoms with E-state index in [-0.39, 0.29) is 0 Å². The maximum Gasteiger partial charge on any atom is 0.150 e. The Morgan fingerprint density at radius 1 is 1.00 bits per heavy atom. The van der Waals surface area contributed by atoms with E-state index in [1.165, 1.54) is 38.5 Å². The summed E-state index contributed by atoms with van der Waals surface area (Å²) < 4.78 is 0. The molecule has 1 aromatic carbocycles. The van der Waals surface area contributed by atoms with Crippen LogP contribution in [-0.2, 0) is 4.79 Å². The zero-order valence-electron chi connectivity index (χ0n) is 11.4. The van der Waals surface area contributed by atoms with Crippen molar-refractivity contribution in [3.05, 3.63) is 42.0 Å². The van der Waals surface area contributed by atoms with Gasteiger partial charge in [0.05, 0.1) is 0 Å². The predicted octanol–water partition coefficient (Wildman–Crippen LogP) is 5.02. The van der Waals surface area contributed by atoms with E-state index in [9.17, 15) is 4.79 Å². The van der Waals surface area contributed by atoms with Crippen molar-refractivity contribution in [2.24, 2.45) is 0 Å². The van der Waals surface area contributed by atoms with Gasteiger partial charge in [0.1, 0.15) is 6.29 Å². The second-order valence-corrected chi connectivity index (χ2v) is 4.70. The van der Waals surface area contributed by atoms with Gasteiger partial charge in [-0.25, -0.2) is 0 Å². The van der Waals surface area contributed by atoms with Gasteiger partial charge in [-0.3, -0.25) is 4.79 Å². The van der Waals surface area contributed by atoms with Crippen LogP contribution >= 0.6 is 0 Å². The molecular weight excluding hydrogens is 220 g/mol. The summed E-state index contributed by atoms with van der Waals surface area (Å²) >= 11 is 0. The fraction of sp³-hybridized carbons (Fsp3) is 0.471. The lowest BCUT2D eigenvalue weighted by atomic mass is 10.0. The third-order valence-electron chi connectivity index (χ3n) is 3.16. The van der Waals surface area contributed by atoms with E-state index in [2.05, 4.69) is 13.0 Å². The Kier molecular flexibility index (Phi) is 7.87. The van der Waals surface area contributed by atoms with E-state index < -0.39 is 0 Å². The van der Waals surface area contributed by atoms with Crippen LogP contribution in [0.15, 0.2) is 36.4 Å². The number of benzene rings is 1. The number of unbranched alkanes of at least 4 members (excludes halogenated alkanes) is 6. The van der Waals surface area contributed by atoms with Crippen LogP contribution in [0.4, 0.5) is 0 Å². The molecule has 0 heterocycles. The Hall–Kier alpha value is -1.37. The average Bonchev–Trinajstić information content (AvgIpc) is 2.43. The summed E-state index contributed by atoms with van der Waals surface area (Å²) in [6.07, 6.45) is 11.8. The Morgan fingerprint density at radius 2 is 1.67 bits per heavy atom. The van der Waals surface area contributed by atoms with Crippen molar-refractivity contribution < 1.29 is 4.79 Å². The van der Waals surface area contributed by atoms with Gasteiger partial charge < -0.3 is 0 Å². The lowest BCUT2D eigenvalue weighted by molar-refractivity contribution is -0.103. The van der Waals surface area contributed by atoms with Crippen molar-refractivity contribution in [2.45, 2.75) is 51.9 Å². The molecule has 1 aromatic rings. The molecule has 1 heteroatoms. The quantitative estimate of drug-likeness (QED) is 0.338. The molecule has 0 fully saturated rings. The number of aldehydes is 1. The lowest BCUT2D eigenvalue weighted by Gasteiger charge is -2.01. The van der Waals surface area contributed by atoms with E-state index >= 15 is 0 Å². The van der Waals surface area contributed by atoms with Crippen LogP contribution in [-0.4, -0.2) is 6.29 Å². The van der Waals surface area contributed by atoms with Gasteiger partial charge in [0, 0.05) is 5.57 Å². The summed E-state index contributed by atoms with van der Waals surface area (Å²) in [4.78, 5) is 11.0. The van der Waals surface area contributed by atoms with Crippen molar-refractivity contribution in [2.75, 3.05) is 0 Å². The highest BCUT2D eigenvalue weighted by atomic mass is 16.1. The van der Waals surface area contributed by atoms with Crippen LogP contribution in [0.3, 0.4) is 0 Å². The van der Waals surface area contributed by atoms with Crippen molar-refractivity contribution in [3.8, 4) is 0 Å². The minimum Gasteiger partial charge on any atom is -0.298 e. The summed E-state index contributed by atoms with van der Waals surface area (Å²) in [6, 6.07) is 9.89. The Labute approximate surface area is 111 Å². The van der Waals surface area contributed by atoms with Crippen LogP contribution in [0.2, 0.25) is 0 Å². The summed E-state index contributed by atoms with van der Waals surface area (Å²) in [7, 11) is 0. The topological polar surface area (TPSA) is 17.1 Å². The molecule has 0 atom stereocenters. The molecule has 0 radical (unpaired) electrons. The smallest absolute Gasteiger partial charge is 0.150 e. The molecule has 0 saturated heterocycles. The molecule has 1 rings (SSSR count). The summed E-state index contributed by atoms with van der Waals surface area (Å²) in [5.74, 6) is 0. The highest BCUT2D eigenvalue weighted by Crippen LogP contribution is 2.14. The van der Waals surface area contributed by atoms with Crippen LogP contribution < -0.4 is 0 Å². The predicted molar refractivity (Wildman–Crippen MR) is 78.5 cm³/mol. The first-order chi connectivity index (χ1) is 8.88. The zero-order valence-corrected chi connectivity index (χ0v) is 11.4. The van der Waals surface area contributed by atoms with Crippen molar-refractivity contribution in [1.29, 1.82) is 0 Å². The average molecular weight is 244 g/mol.